The van der Waals surface area contributed by atoms with Gasteiger partial charge in [0.1, 0.15) is 0 Å². The van der Waals surface area contributed by atoms with E-state index < -0.39 is 6.10 Å². The number of aryl methyl sites for hydroxylation is 1. The summed E-state index contributed by atoms with van der Waals surface area (Å²) in [5.41, 5.74) is 2.57. The number of likely N-dealkylation sites (N-methyl/N-ethyl adjacent to an activating group) is 1. The van der Waals surface area contributed by atoms with Crippen LogP contribution in [-0.2, 0) is 0 Å². The van der Waals surface area contributed by atoms with Gasteiger partial charge in [-0.1, -0.05) is 42.5 Å². The maximum atomic E-state index is 12.7. The molecule has 0 heterocycles. The molecule has 0 saturated carbocycles. The summed E-state index contributed by atoms with van der Waals surface area (Å²) in [6, 6.07) is 14.8. The van der Waals surface area contributed by atoms with Crippen molar-refractivity contribution in [2.24, 2.45) is 0 Å². The monoisotopic (exact) mass is 409 g/mol. The van der Waals surface area contributed by atoms with Crippen LogP contribution in [0.5, 0.6) is 0 Å². The van der Waals surface area contributed by atoms with Gasteiger partial charge in [0.05, 0.1) is 17.7 Å². The Morgan fingerprint density at radius 1 is 1.14 bits per heavy atom. The normalized spacial score (nSPS) is 13.5. The van der Waals surface area contributed by atoms with Gasteiger partial charge in [-0.05, 0) is 53.6 Å². The summed E-state index contributed by atoms with van der Waals surface area (Å²) in [6.07, 6.45) is -0.711. The zero-order chi connectivity index (χ0) is 16.3. The zero-order valence-corrected chi connectivity index (χ0v) is 15.1. The minimum Gasteiger partial charge on any atom is -0.386 e. The molecule has 0 unspecified atom stereocenters. The minimum atomic E-state index is -0.711. The molecule has 2 aromatic carbocycles. The van der Waals surface area contributed by atoms with Crippen molar-refractivity contribution < 1.29 is 9.90 Å². The molecule has 2 atom stereocenters. The number of carbonyl (C=O) groups is 1. The number of carbonyl (C=O) groups excluding carboxylic acids is 1. The molecular formula is C18H20INO2. The van der Waals surface area contributed by atoms with E-state index in [0.717, 1.165) is 14.7 Å². The molecule has 116 valence electrons. The average Bonchev–Trinajstić information content (AvgIpc) is 2.55. The highest BCUT2D eigenvalue weighted by molar-refractivity contribution is 14.1. The van der Waals surface area contributed by atoms with Gasteiger partial charge >= 0.3 is 0 Å². The Morgan fingerprint density at radius 2 is 1.77 bits per heavy atom. The molecule has 0 saturated heterocycles. The smallest absolute Gasteiger partial charge is 0.255 e. The summed E-state index contributed by atoms with van der Waals surface area (Å²) >= 11 is 2.20. The van der Waals surface area contributed by atoms with E-state index in [4.69, 9.17) is 0 Å². The Bertz CT molecular complexity index is 657. The number of amides is 1. The van der Waals surface area contributed by atoms with Gasteiger partial charge in [0.15, 0.2) is 0 Å². The van der Waals surface area contributed by atoms with Crippen molar-refractivity contribution in [2.45, 2.75) is 26.0 Å². The summed E-state index contributed by atoms with van der Waals surface area (Å²) in [6.45, 7) is 3.85. The zero-order valence-electron chi connectivity index (χ0n) is 13.0. The molecule has 0 bridgehead atoms. The maximum absolute atomic E-state index is 12.7. The largest absolute Gasteiger partial charge is 0.386 e. The van der Waals surface area contributed by atoms with Crippen LogP contribution in [0.3, 0.4) is 0 Å². The summed E-state index contributed by atoms with van der Waals surface area (Å²) in [4.78, 5) is 14.3. The van der Waals surface area contributed by atoms with Crippen molar-refractivity contribution in [3.05, 3.63) is 68.8 Å². The van der Waals surface area contributed by atoms with Crippen molar-refractivity contribution in [3.63, 3.8) is 0 Å². The SMILES string of the molecule is Cc1cccc(C(=O)N(C)[C@@H](C)[C@@H](O)c2ccccc2)c1I. The third kappa shape index (κ3) is 3.50. The van der Waals surface area contributed by atoms with Gasteiger partial charge < -0.3 is 10.0 Å². The first-order chi connectivity index (χ1) is 10.4. The number of aliphatic hydroxyl groups excluding tert-OH is 1. The van der Waals surface area contributed by atoms with E-state index in [2.05, 4.69) is 22.6 Å². The summed E-state index contributed by atoms with van der Waals surface area (Å²) in [5.74, 6) is -0.0735. The number of hydrogen-bond donors (Lipinski definition) is 1. The molecule has 4 heteroatoms. The van der Waals surface area contributed by atoms with Crippen LogP contribution in [0.4, 0.5) is 0 Å². The van der Waals surface area contributed by atoms with Gasteiger partial charge in [0.25, 0.3) is 5.91 Å². The highest BCUT2D eigenvalue weighted by Crippen LogP contribution is 2.23. The van der Waals surface area contributed by atoms with Crippen LogP contribution in [0.15, 0.2) is 48.5 Å². The molecule has 0 fully saturated rings. The van der Waals surface area contributed by atoms with E-state index in [9.17, 15) is 9.90 Å². The fraction of sp³-hybridized carbons (Fsp3) is 0.278. The second-order valence-electron chi connectivity index (χ2n) is 5.45. The number of rotatable bonds is 4. The van der Waals surface area contributed by atoms with Crippen molar-refractivity contribution in [2.75, 3.05) is 7.05 Å². The Hall–Kier alpha value is -1.40. The van der Waals surface area contributed by atoms with E-state index in [1.807, 2.05) is 62.4 Å². The van der Waals surface area contributed by atoms with Crippen LogP contribution in [0, 0.1) is 10.5 Å². The highest BCUT2D eigenvalue weighted by atomic mass is 127. The Kier molecular flexibility index (Phi) is 5.58. The lowest BCUT2D eigenvalue weighted by atomic mass is 10.0. The van der Waals surface area contributed by atoms with Crippen molar-refractivity contribution in [3.8, 4) is 0 Å². The molecule has 0 aliphatic heterocycles. The lowest BCUT2D eigenvalue weighted by Crippen LogP contribution is -2.39. The van der Waals surface area contributed by atoms with Gasteiger partial charge in [-0.2, -0.15) is 0 Å². The lowest BCUT2D eigenvalue weighted by molar-refractivity contribution is 0.0486. The molecule has 1 N–H and O–H groups in total. The maximum Gasteiger partial charge on any atom is 0.255 e. The molecule has 22 heavy (non-hydrogen) atoms. The van der Waals surface area contributed by atoms with Gasteiger partial charge in [0.2, 0.25) is 0 Å². The molecular weight excluding hydrogens is 389 g/mol. The predicted molar refractivity (Wildman–Crippen MR) is 96.9 cm³/mol. The fourth-order valence-corrected chi connectivity index (χ4v) is 2.92. The number of aliphatic hydroxyl groups is 1. The second kappa shape index (κ2) is 7.24. The summed E-state index contributed by atoms with van der Waals surface area (Å²) < 4.78 is 0.957. The van der Waals surface area contributed by atoms with Crippen LogP contribution in [0.25, 0.3) is 0 Å². The number of nitrogens with zero attached hydrogens (tertiary/aromatic N) is 1. The van der Waals surface area contributed by atoms with Gasteiger partial charge in [-0.25, -0.2) is 0 Å². The number of halogens is 1. The third-order valence-corrected chi connectivity index (χ3v) is 5.38. The first-order valence-electron chi connectivity index (χ1n) is 7.18. The van der Waals surface area contributed by atoms with Crippen molar-refractivity contribution in [1.82, 2.24) is 4.90 Å². The molecule has 2 aromatic rings. The topological polar surface area (TPSA) is 40.5 Å². The van der Waals surface area contributed by atoms with Crippen molar-refractivity contribution >= 4 is 28.5 Å². The number of hydrogen-bond acceptors (Lipinski definition) is 2. The third-order valence-electron chi connectivity index (χ3n) is 3.95. The quantitative estimate of drug-likeness (QED) is 0.781. The average molecular weight is 409 g/mol. The molecule has 0 aliphatic rings. The number of benzene rings is 2. The summed E-state index contributed by atoms with van der Waals surface area (Å²) in [7, 11) is 1.73. The molecule has 3 nitrogen and oxygen atoms in total. The van der Waals surface area contributed by atoms with Crippen LogP contribution >= 0.6 is 22.6 Å². The van der Waals surface area contributed by atoms with Crippen LogP contribution < -0.4 is 0 Å². The molecule has 0 aliphatic carbocycles. The Balaban J connectivity index is 2.21. The first-order valence-corrected chi connectivity index (χ1v) is 8.26. The lowest BCUT2D eigenvalue weighted by Gasteiger charge is -2.29. The minimum absolute atomic E-state index is 0.0735. The fourth-order valence-electron chi connectivity index (χ4n) is 2.33. The second-order valence-corrected chi connectivity index (χ2v) is 6.53. The van der Waals surface area contributed by atoms with Gasteiger partial charge in [-0.3, -0.25) is 4.79 Å². The standard InChI is InChI=1S/C18H20INO2/c1-12-8-7-11-15(16(12)19)18(22)20(3)13(2)17(21)14-9-5-4-6-10-14/h4-11,13,17,21H,1-3H3/t13-,17+/m0/s1. The molecule has 0 aromatic heterocycles. The highest BCUT2D eigenvalue weighted by Gasteiger charge is 2.26. The van der Waals surface area contributed by atoms with Crippen molar-refractivity contribution in [1.29, 1.82) is 0 Å². The predicted octanol–water partition coefficient (Wildman–Crippen LogP) is 3.79. The molecule has 0 radical (unpaired) electrons. The van der Waals surface area contributed by atoms with Gasteiger partial charge in [-0.15, -0.1) is 0 Å². The van der Waals surface area contributed by atoms with E-state index in [1.54, 1.807) is 11.9 Å². The van der Waals surface area contributed by atoms with Crippen LogP contribution in [-0.4, -0.2) is 29.0 Å². The molecule has 2 rings (SSSR count). The van der Waals surface area contributed by atoms with E-state index in [1.165, 1.54) is 0 Å². The summed E-state index contributed by atoms with van der Waals surface area (Å²) in [5, 5.41) is 10.5. The van der Waals surface area contributed by atoms with E-state index in [-0.39, 0.29) is 11.9 Å². The molecule has 1 amide bonds. The molecule has 0 spiro atoms. The van der Waals surface area contributed by atoms with Crippen LogP contribution in [0.2, 0.25) is 0 Å². The van der Waals surface area contributed by atoms with Gasteiger partial charge in [0, 0.05) is 10.6 Å². The Morgan fingerprint density at radius 3 is 2.41 bits per heavy atom. The Labute approximate surface area is 145 Å². The van der Waals surface area contributed by atoms with Crippen LogP contribution in [0.1, 0.15) is 34.5 Å². The van der Waals surface area contributed by atoms with E-state index >= 15 is 0 Å². The first kappa shape index (κ1) is 17.0. The van der Waals surface area contributed by atoms with E-state index in [0.29, 0.717) is 5.56 Å².